The average Bonchev–Trinajstić information content (AvgIpc) is 2.76. The summed E-state index contributed by atoms with van der Waals surface area (Å²) >= 11 is 1.72. The van der Waals surface area contributed by atoms with Crippen LogP contribution in [0.1, 0.15) is 17.7 Å². The van der Waals surface area contributed by atoms with E-state index in [-0.39, 0.29) is 12.1 Å². The number of thiophene rings is 1. The van der Waals surface area contributed by atoms with Gasteiger partial charge in [0.25, 0.3) is 0 Å². The lowest BCUT2D eigenvalue weighted by Crippen LogP contribution is -2.39. The zero-order chi connectivity index (χ0) is 8.44. The summed E-state index contributed by atoms with van der Waals surface area (Å²) in [7, 11) is 0. The summed E-state index contributed by atoms with van der Waals surface area (Å²) in [5.41, 5.74) is -0.117. The van der Waals surface area contributed by atoms with Gasteiger partial charge in [0.2, 0.25) is 0 Å². The minimum absolute atomic E-state index is 0.117. The molecule has 0 radical (unpaired) electrons. The van der Waals surface area contributed by atoms with Crippen LogP contribution >= 0.6 is 11.3 Å². The monoisotopic (exact) mass is 183 g/mol. The van der Waals surface area contributed by atoms with Crippen LogP contribution < -0.4 is 5.32 Å². The van der Waals surface area contributed by atoms with Crippen molar-refractivity contribution in [1.29, 1.82) is 0 Å². The lowest BCUT2D eigenvalue weighted by Gasteiger charge is -2.25. The Hall–Kier alpha value is -0.380. The number of aliphatic hydroxyl groups excluding tert-OH is 1. The second-order valence-corrected chi connectivity index (χ2v) is 4.20. The zero-order valence-electron chi connectivity index (χ0n) is 6.92. The van der Waals surface area contributed by atoms with E-state index in [1.807, 2.05) is 6.07 Å². The number of aliphatic hydroxyl groups is 1. The van der Waals surface area contributed by atoms with Gasteiger partial charge in [-0.25, -0.2) is 0 Å². The van der Waals surface area contributed by atoms with E-state index in [1.54, 1.807) is 11.3 Å². The van der Waals surface area contributed by atoms with Crippen LogP contribution in [0.15, 0.2) is 17.5 Å². The quantitative estimate of drug-likeness (QED) is 0.724. The Morgan fingerprint density at radius 1 is 1.67 bits per heavy atom. The molecule has 1 saturated heterocycles. The van der Waals surface area contributed by atoms with Crippen LogP contribution in [-0.2, 0) is 5.54 Å². The Kier molecular flexibility index (Phi) is 2.17. The fourth-order valence-electron chi connectivity index (χ4n) is 1.78. The highest BCUT2D eigenvalue weighted by atomic mass is 32.1. The number of rotatable bonds is 2. The molecule has 0 bridgehead atoms. The molecule has 1 aliphatic heterocycles. The molecule has 2 nitrogen and oxygen atoms in total. The van der Waals surface area contributed by atoms with Gasteiger partial charge in [-0.15, -0.1) is 11.3 Å². The standard InChI is InChI=1S/C9H13NOS/c11-7-9(4-2-5-10-9)8-3-1-6-12-8/h1,3,6,10-11H,2,4-5,7H2. The fourth-order valence-corrected chi connectivity index (χ4v) is 2.71. The first-order valence-corrected chi connectivity index (χ1v) is 5.15. The summed E-state index contributed by atoms with van der Waals surface area (Å²) in [5.74, 6) is 0. The topological polar surface area (TPSA) is 32.3 Å². The lowest BCUT2D eigenvalue weighted by molar-refractivity contribution is 0.181. The van der Waals surface area contributed by atoms with Crippen LogP contribution in [0.25, 0.3) is 0 Å². The first kappa shape index (κ1) is 8.23. The summed E-state index contributed by atoms with van der Waals surface area (Å²) in [4.78, 5) is 1.27. The van der Waals surface area contributed by atoms with Crippen molar-refractivity contribution in [2.24, 2.45) is 0 Å². The second-order valence-electron chi connectivity index (χ2n) is 3.25. The van der Waals surface area contributed by atoms with Crippen molar-refractivity contribution in [1.82, 2.24) is 5.32 Å². The lowest BCUT2D eigenvalue weighted by atomic mass is 9.97. The molecule has 3 heteroatoms. The molecule has 2 rings (SSSR count). The molecule has 1 fully saturated rings. The normalized spacial score (nSPS) is 29.4. The van der Waals surface area contributed by atoms with Gasteiger partial charge in [-0.3, -0.25) is 0 Å². The molecule has 1 unspecified atom stereocenters. The van der Waals surface area contributed by atoms with Crippen LogP contribution in [0.3, 0.4) is 0 Å². The van der Waals surface area contributed by atoms with Gasteiger partial charge in [0, 0.05) is 4.88 Å². The number of hydrogen-bond donors (Lipinski definition) is 2. The Balaban J connectivity index is 2.28. The Labute approximate surface area is 76.2 Å². The van der Waals surface area contributed by atoms with E-state index in [0.29, 0.717) is 0 Å². The molecular weight excluding hydrogens is 170 g/mol. The van der Waals surface area contributed by atoms with Crippen molar-refractivity contribution in [3.63, 3.8) is 0 Å². The van der Waals surface area contributed by atoms with E-state index in [0.717, 1.165) is 13.0 Å². The molecule has 0 saturated carbocycles. The maximum atomic E-state index is 9.33. The van der Waals surface area contributed by atoms with Gasteiger partial charge in [0.1, 0.15) is 0 Å². The van der Waals surface area contributed by atoms with Crippen molar-refractivity contribution in [2.45, 2.75) is 18.4 Å². The molecule has 66 valence electrons. The third-order valence-electron chi connectivity index (χ3n) is 2.51. The predicted octanol–water partition coefficient (Wildman–Crippen LogP) is 1.32. The first-order chi connectivity index (χ1) is 5.87. The van der Waals surface area contributed by atoms with Gasteiger partial charge in [0.15, 0.2) is 0 Å². The van der Waals surface area contributed by atoms with Crippen LogP contribution in [0, 0.1) is 0 Å². The molecule has 2 N–H and O–H groups in total. The maximum Gasteiger partial charge on any atom is 0.0763 e. The zero-order valence-corrected chi connectivity index (χ0v) is 7.73. The van der Waals surface area contributed by atoms with E-state index in [4.69, 9.17) is 0 Å². The summed E-state index contributed by atoms with van der Waals surface area (Å²) in [5, 5.41) is 14.8. The Morgan fingerprint density at radius 2 is 2.58 bits per heavy atom. The predicted molar refractivity (Wildman–Crippen MR) is 50.3 cm³/mol. The molecule has 1 aliphatic rings. The molecule has 1 atom stereocenters. The summed E-state index contributed by atoms with van der Waals surface area (Å²) in [6.07, 6.45) is 2.22. The van der Waals surface area contributed by atoms with Crippen molar-refractivity contribution in [2.75, 3.05) is 13.2 Å². The van der Waals surface area contributed by atoms with E-state index >= 15 is 0 Å². The van der Waals surface area contributed by atoms with Crippen LogP contribution in [-0.4, -0.2) is 18.3 Å². The van der Waals surface area contributed by atoms with Gasteiger partial charge in [-0.2, -0.15) is 0 Å². The highest BCUT2D eigenvalue weighted by Crippen LogP contribution is 2.33. The number of hydrogen-bond acceptors (Lipinski definition) is 3. The van der Waals surface area contributed by atoms with Crippen LogP contribution in [0.4, 0.5) is 0 Å². The van der Waals surface area contributed by atoms with E-state index < -0.39 is 0 Å². The maximum absolute atomic E-state index is 9.33. The third kappa shape index (κ3) is 1.18. The molecule has 0 aliphatic carbocycles. The van der Waals surface area contributed by atoms with Gasteiger partial charge in [-0.1, -0.05) is 6.07 Å². The van der Waals surface area contributed by atoms with Gasteiger partial charge in [0.05, 0.1) is 12.1 Å². The molecule has 2 heterocycles. The Morgan fingerprint density at radius 3 is 3.08 bits per heavy atom. The molecule has 1 aromatic rings. The van der Waals surface area contributed by atoms with Crippen LogP contribution in [0.2, 0.25) is 0 Å². The van der Waals surface area contributed by atoms with Gasteiger partial charge < -0.3 is 10.4 Å². The molecular formula is C9H13NOS. The van der Waals surface area contributed by atoms with Crippen molar-refractivity contribution in [3.05, 3.63) is 22.4 Å². The SMILES string of the molecule is OCC1(c2cccs2)CCCN1. The van der Waals surface area contributed by atoms with E-state index in [2.05, 4.69) is 16.8 Å². The largest absolute Gasteiger partial charge is 0.394 e. The minimum Gasteiger partial charge on any atom is -0.394 e. The second kappa shape index (κ2) is 3.17. The first-order valence-electron chi connectivity index (χ1n) is 4.27. The molecule has 0 amide bonds. The molecule has 0 aromatic carbocycles. The van der Waals surface area contributed by atoms with E-state index in [1.165, 1.54) is 11.3 Å². The Bertz CT molecular complexity index is 239. The molecule has 1 aromatic heterocycles. The van der Waals surface area contributed by atoms with Gasteiger partial charge in [-0.05, 0) is 30.8 Å². The van der Waals surface area contributed by atoms with Crippen molar-refractivity contribution in [3.8, 4) is 0 Å². The smallest absolute Gasteiger partial charge is 0.0763 e. The van der Waals surface area contributed by atoms with E-state index in [9.17, 15) is 5.11 Å². The van der Waals surface area contributed by atoms with Crippen molar-refractivity contribution < 1.29 is 5.11 Å². The minimum atomic E-state index is -0.117. The summed E-state index contributed by atoms with van der Waals surface area (Å²) in [6.45, 7) is 1.24. The van der Waals surface area contributed by atoms with Gasteiger partial charge >= 0.3 is 0 Å². The summed E-state index contributed by atoms with van der Waals surface area (Å²) in [6, 6.07) is 4.14. The fraction of sp³-hybridized carbons (Fsp3) is 0.556. The summed E-state index contributed by atoms with van der Waals surface area (Å²) < 4.78 is 0. The highest BCUT2D eigenvalue weighted by molar-refractivity contribution is 7.10. The third-order valence-corrected chi connectivity index (χ3v) is 3.58. The molecule has 12 heavy (non-hydrogen) atoms. The van der Waals surface area contributed by atoms with Crippen LogP contribution in [0.5, 0.6) is 0 Å². The van der Waals surface area contributed by atoms with Crippen molar-refractivity contribution >= 4 is 11.3 Å². The number of nitrogens with one attached hydrogen (secondary N) is 1. The average molecular weight is 183 g/mol. The highest BCUT2D eigenvalue weighted by Gasteiger charge is 2.35. The molecule has 0 spiro atoms.